The molecule has 2 unspecified atom stereocenters. The Morgan fingerprint density at radius 3 is 2.84 bits per heavy atom. The van der Waals surface area contributed by atoms with Crippen molar-refractivity contribution in [2.45, 2.75) is 56.9 Å². The number of benzene rings is 1. The fourth-order valence-corrected chi connectivity index (χ4v) is 4.20. The summed E-state index contributed by atoms with van der Waals surface area (Å²) in [6.45, 7) is 2.45. The van der Waals surface area contributed by atoms with Gasteiger partial charge in [0.25, 0.3) is 0 Å². The molecule has 2 atom stereocenters. The molecular weight excluding hydrogens is 401 g/mol. The van der Waals surface area contributed by atoms with Gasteiger partial charge in [0.15, 0.2) is 11.6 Å². The summed E-state index contributed by atoms with van der Waals surface area (Å²) in [5, 5.41) is 5.44. The fraction of sp³-hybridized carbons (Fsp3) is 0.609. The van der Waals surface area contributed by atoms with Gasteiger partial charge in [0.2, 0.25) is 17.7 Å². The van der Waals surface area contributed by atoms with Crippen LogP contribution >= 0.6 is 0 Å². The van der Waals surface area contributed by atoms with Crippen molar-refractivity contribution >= 4 is 17.7 Å². The number of likely N-dealkylation sites (tertiary alicyclic amines) is 1. The van der Waals surface area contributed by atoms with Gasteiger partial charge in [0.1, 0.15) is 0 Å². The standard InChI is InChI=1S/C23H30FN3O4/c24-18-6-5-16(12-20(18)31-14-15-3-4-15)17-9-11-27(13-17)22(29)2-1-10-25-19-7-8-21(28)26-23(19)30/h5-6,12,15,17,19,25H,1-4,7-11,13-14H2,(H,26,28,30). The molecule has 3 aliphatic rings. The second kappa shape index (κ2) is 9.77. The zero-order valence-electron chi connectivity index (χ0n) is 17.7. The smallest absolute Gasteiger partial charge is 0.243 e. The number of halogens is 1. The molecule has 3 amide bonds. The van der Waals surface area contributed by atoms with Crippen molar-refractivity contribution in [3.05, 3.63) is 29.6 Å². The zero-order chi connectivity index (χ0) is 21.8. The lowest BCUT2D eigenvalue weighted by Gasteiger charge is -2.22. The second-order valence-electron chi connectivity index (χ2n) is 8.83. The Morgan fingerprint density at radius 2 is 2.06 bits per heavy atom. The Kier molecular flexibility index (Phi) is 6.85. The van der Waals surface area contributed by atoms with Crippen molar-refractivity contribution in [3.63, 3.8) is 0 Å². The average molecular weight is 432 g/mol. The van der Waals surface area contributed by atoms with E-state index in [4.69, 9.17) is 4.74 Å². The highest BCUT2D eigenvalue weighted by Gasteiger charge is 2.29. The van der Waals surface area contributed by atoms with Crippen LogP contribution in [0.5, 0.6) is 5.75 Å². The molecule has 1 aromatic carbocycles. The van der Waals surface area contributed by atoms with Gasteiger partial charge in [-0.05, 0) is 62.3 Å². The van der Waals surface area contributed by atoms with Crippen LogP contribution in [-0.4, -0.2) is 54.9 Å². The van der Waals surface area contributed by atoms with Crippen LogP contribution in [0, 0.1) is 11.7 Å². The molecule has 4 rings (SSSR count). The van der Waals surface area contributed by atoms with Crippen LogP contribution in [0.4, 0.5) is 4.39 Å². The monoisotopic (exact) mass is 431 g/mol. The molecule has 2 saturated heterocycles. The molecule has 168 valence electrons. The number of carbonyl (C=O) groups is 3. The molecule has 2 heterocycles. The van der Waals surface area contributed by atoms with Gasteiger partial charge in [-0.2, -0.15) is 0 Å². The van der Waals surface area contributed by atoms with E-state index in [1.165, 1.54) is 6.07 Å². The van der Waals surface area contributed by atoms with Gasteiger partial charge in [-0.15, -0.1) is 0 Å². The molecule has 0 spiro atoms. The van der Waals surface area contributed by atoms with E-state index in [1.807, 2.05) is 4.90 Å². The first-order valence-corrected chi connectivity index (χ1v) is 11.3. The lowest BCUT2D eigenvalue weighted by molar-refractivity contribution is -0.134. The zero-order valence-corrected chi connectivity index (χ0v) is 17.7. The Balaban J connectivity index is 1.20. The van der Waals surface area contributed by atoms with Gasteiger partial charge < -0.3 is 15.0 Å². The highest BCUT2D eigenvalue weighted by molar-refractivity contribution is 6.00. The Labute approximate surface area is 181 Å². The van der Waals surface area contributed by atoms with Crippen LogP contribution in [0.1, 0.15) is 56.4 Å². The number of ether oxygens (including phenoxy) is 1. The number of nitrogens with one attached hydrogen (secondary N) is 2. The van der Waals surface area contributed by atoms with E-state index >= 15 is 0 Å². The van der Waals surface area contributed by atoms with Gasteiger partial charge in [-0.1, -0.05) is 6.07 Å². The first-order chi connectivity index (χ1) is 15.0. The number of nitrogens with zero attached hydrogens (tertiary/aromatic N) is 1. The lowest BCUT2D eigenvalue weighted by Crippen LogP contribution is -2.50. The molecule has 0 aromatic heterocycles. The summed E-state index contributed by atoms with van der Waals surface area (Å²) in [4.78, 5) is 37.4. The molecule has 2 aliphatic heterocycles. The van der Waals surface area contributed by atoms with Gasteiger partial charge in [0, 0.05) is 31.8 Å². The van der Waals surface area contributed by atoms with E-state index in [2.05, 4.69) is 10.6 Å². The Morgan fingerprint density at radius 1 is 1.23 bits per heavy atom. The number of carbonyl (C=O) groups excluding carboxylic acids is 3. The fourth-order valence-electron chi connectivity index (χ4n) is 4.20. The summed E-state index contributed by atoms with van der Waals surface area (Å²) in [7, 11) is 0. The predicted octanol–water partition coefficient (Wildman–Crippen LogP) is 2.11. The van der Waals surface area contributed by atoms with E-state index in [0.717, 1.165) is 24.8 Å². The van der Waals surface area contributed by atoms with E-state index in [1.54, 1.807) is 12.1 Å². The summed E-state index contributed by atoms with van der Waals surface area (Å²) in [6, 6.07) is 4.68. The normalized spacial score (nSPS) is 23.7. The Bertz CT molecular complexity index is 842. The third-order valence-corrected chi connectivity index (χ3v) is 6.34. The molecular formula is C23H30FN3O4. The van der Waals surface area contributed by atoms with Crippen molar-refractivity contribution in [1.82, 2.24) is 15.5 Å². The molecule has 0 radical (unpaired) electrons. The van der Waals surface area contributed by atoms with Crippen LogP contribution in [-0.2, 0) is 14.4 Å². The van der Waals surface area contributed by atoms with Gasteiger partial charge in [-0.3, -0.25) is 19.7 Å². The van der Waals surface area contributed by atoms with Crippen LogP contribution in [0.15, 0.2) is 18.2 Å². The van der Waals surface area contributed by atoms with Crippen molar-refractivity contribution in [3.8, 4) is 5.75 Å². The molecule has 2 N–H and O–H groups in total. The highest BCUT2D eigenvalue weighted by atomic mass is 19.1. The van der Waals surface area contributed by atoms with Crippen LogP contribution in [0.2, 0.25) is 0 Å². The summed E-state index contributed by atoms with van der Waals surface area (Å²) in [6.07, 6.45) is 5.05. The molecule has 7 nitrogen and oxygen atoms in total. The SMILES string of the molecule is O=C1CCC(NCCCC(=O)N2CCC(c3ccc(F)c(OCC4CC4)c3)C2)C(=O)N1. The number of hydrogen-bond acceptors (Lipinski definition) is 5. The Hall–Kier alpha value is -2.48. The number of rotatable bonds is 9. The minimum Gasteiger partial charge on any atom is -0.490 e. The predicted molar refractivity (Wildman–Crippen MR) is 112 cm³/mol. The third kappa shape index (κ3) is 5.81. The highest BCUT2D eigenvalue weighted by Crippen LogP contribution is 2.33. The number of hydrogen-bond donors (Lipinski definition) is 2. The lowest BCUT2D eigenvalue weighted by atomic mass is 9.98. The summed E-state index contributed by atoms with van der Waals surface area (Å²) in [5.41, 5.74) is 1.02. The van der Waals surface area contributed by atoms with Gasteiger partial charge in [0.05, 0.1) is 12.6 Å². The van der Waals surface area contributed by atoms with Gasteiger partial charge in [-0.25, -0.2) is 4.39 Å². The maximum atomic E-state index is 14.0. The maximum Gasteiger partial charge on any atom is 0.243 e. The van der Waals surface area contributed by atoms with Crippen molar-refractivity contribution in [2.75, 3.05) is 26.2 Å². The third-order valence-electron chi connectivity index (χ3n) is 6.34. The molecule has 3 fully saturated rings. The minimum atomic E-state index is -0.362. The summed E-state index contributed by atoms with van der Waals surface area (Å²) >= 11 is 0. The second-order valence-corrected chi connectivity index (χ2v) is 8.83. The molecule has 8 heteroatoms. The van der Waals surface area contributed by atoms with E-state index in [9.17, 15) is 18.8 Å². The van der Waals surface area contributed by atoms with Crippen molar-refractivity contribution in [2.24, 2.45) is 5.92 Å². The van der Waals surface area contributed by atoms with Crippen LogP contribution in [0.3, 0.4) is 0 Å². The first-order valence-electron chi connectivity index (χ1n) is 11.3. The first kappa shape index (κ1) is 21.7. The minimum absolute atomic E-state index is 0.0971. The number of amides is 3. The van der Waals surface area contributed by atoms with Gasteiger partial charge >= 0.3 is 0 Å². The maximum absolute atomic E-state index is 14.0. The molecule has 31 heavy (non-hydrogen) atoms. The van der Waals surface area contributed by atoms with Crippen molar-refractivity contribution < 1.29 is 23.5 Å². The average Bonchev–Trinajstić information content (AvgIpc) is 3.45. The number of piperidine rings is 1. The topological polar surface area (TPSA) is 87.7 Å². The molecule has 1 saturated carbocycles. The van der Waals surface area contributed by atoms with E-state index in [0.29, 0.717) is 63.6 Å². The van der Waals surface area contributed by atoms with Crippen LogP contribution in [0.25, 0.3) is 0 Å². The molecule has 1 aromatic rings. The largest absolute Gasteiger partial charge is 0.490 e. The van der Waals surface area contributed by atoms with E-state index < -0.39 is 0 Å². The van der Waals surface area contributed by atoms with Crippen molar-refractivity contribution in [1.29, 1.82) is 0 Å². The molecule has 1 aliphatic carbocycles. The number of imide groups is 1. The van der Waals surface area contributed by atoms with E-state index in [-0.39, 0.29) is 35.5 Å². The quantitative estimate of drug-likeness (QED) is 0.462. The summed E-state index contributed by atoms with van der Waals surface area (Å²) < 4.78 is 19.7. The molecule has 0 bridgehead atoms. The van der Waals surface area contributed by atoms with Crippen LogP contribution < -0.4 is 15.4 Å². The summed E-state index contributed by atoms with van der Waals surface area (Å²) in [5.74, 6) is 0.309.